The van der Waals surface area contributed by atoms with Crippen molar-refractivity contribution in [3.8, 4) is 0 Å². The molecule has 3 fully saturated rings. The summed E-state index contributed by atoms with van der Waals surface area (Å²) in [6.07, 6.45) is 6.83. The van der Waals surface area contributed by atoms with E-state index < -0.39 is 0 Å². The van der Waals surface area contributed by atoms with Crippen molar-refractivity contribution in [3.05, 3.63) is 35.9 Å². The normalized spacial score (nSPS) is 26.5. The summed E-state index contributed by atoms with van der Waals surface area (Å²) in [6, 6.07) is 10.4. The van der Waals surface area contributed by atoms with Crippen LogP contribution in [0.15, 0.2) is 30.3 Å². The molecule has 1 amide bonds. The molecule has 0 aromatic heterocycles. The smallest absolute Gasteiger partial charge is 0.222 e. The van der Waals surface area contributed by atoms with Crippen LogP contribution in [0.25, 0.3) is 0 Å². The zero-order chi connectivity index (χ0) is 17.8. The average molecular weight is 357 g/mol. The molecule has 1 spiro atoms. The SMILES string of the molecule is O=C1CCC2(CCN(CC[C@H]3CCOC3)CC2)CN1Cc1ccccc1. The van der Waals surface area contributed by atoms with Crippen molar-refractivity contribution < 1.29 is 9.53 Å². The molecule has 3 aliphatic rings. The van der Waals surface area contributed by atoms with Crippen LogP contribution in [0, 0.1) is 11.3 Å². The minimum atomic E-state index is 0.336. The number of carbonyl (C=O) groups is 1. The summed E-state index contributed by atoms with van der Waals surface area (Å²) in [5.74, 6) is 1.11. The predicted octanol–water partition coefficient (Wildman–Crippen LogP) is 3.32. The monoisotopic (exact) mass is 356 g/mol. The fourth-order valence-electron chi connectivity index (χ4n) is 4.89. The maximum atomic E-state index is 12.4. The Kier molecular flexibility index (Phi) is 5.60. The van der Waals surface area contributed by atoms with Gasteiger partial charge in [-0.15, -0.1) is 0 Å². The van der Waals surface area contributed by atoms with Crippen LogP contribution in [-0.4, -0.2) is 55.1 Å². The highest BCUT2D eigenvalue weighted by Crippen LogP contribution is 2.40. The lowest BCUT2D eigenvalue weighted by molar-refractivity contribution is -0.139. The summed E-state index contributed by atoms with van der Waals surface area (Å²) in [7, 11) is 0. The molecule has 0 bridgehead atoms. The molecule has 1 aromatic carbocycles. The number of likely N-dealkylation sites (tertiary alicyclic amines) is 2. The van der Waals surface area contributed by atoms with Crippen molar-refractivity contribution >= 4 is 5.91 Å². The van der Waals surface area contributed by atoms with Crippen LogP contribution >= 0.6 is 0 Å². The molecule has 3 heterocycles. The molecule has 4 heteroatoms. The van der Waals surface area contributed by atoms with Gasteiger partial charge in [-0.3, -0.25) is 4.79 Å². The van der Waals surface area contributed by atoms with E-state index in [4.69, 9.17) is 4.74 Å². The zero-order valence-electron chi connectivity index (χ0n) is 15.9. The summed E-state index contributed by atoms with van der Waals surface area (Å²) >= 11 is 0. The maximum Gasteiger partial charge on any atom is 0.222 e. The topological polar surface area (TPSA) is 32.8 Å². The van der Waals surface area contributed by atoms with Gasteiger partial charge in [0.25, 0.3) is 0 Å². The molecule has 3 aliphatic heterocycles. The van der Waals surface area contributed by atoms with Gasteiger partial charge < -0.3 is 14.5 Å². The van der Waals surface area contributed by atoms with Crippen LogP contribution in [0.1, 0.15) is 44.1 Å². The second kappa shape index (κ2) is 8.10. The van der Waals surface area contributed by atoms with Crippen LogP contribution < -0.4 is 0 Å². The third-order valence-corrected chi connectivity index (χ3v) is 6.76. The number of hydrogen-bond donors (Lipinski definition) is 0. The Morgan fingerprint density at radius 2 is 1.92 bits per heavy atom. The molecule has 1 aromatic rings. The van der Waals surface area contributed by atoms with Crippen molar-refractivity contribution in [2.75, 3.05) is 39.4 Å². The molecule has 0 aliphatic carbocycles. The lowest BCUT2D eigenvalue weighted by atomic mass is 9.72. The Balaban J connectivity index is 1.29. The summed E-state index contributed by atoms with van der Waals surface area (Å²) in [6.45, 7) is 7.25. The molecule has 3 saturated heterocycles. The maximum absolute atomic E-state index is 12.4. The Hall–Kier alpha value is -1.39. The molecule has 0 saturated carbocycles. The highest BCUT2D eigenvalue weighted by Gasteiger charge is 2.40. The fraction of sp³-hybridized carbons (Fsp3) is 0.682. The van der Waals surface area contributed by atoms with Crippen LogP contribution in [0.4, 0.5) is 0 Å². The molecule has 26 heavy (non-hydrogen) atoms. The number of rotatable bonds is 5. The third kappa shape index (κ3) is 4.29. The number of hydrogen-bond acceptors (Lipinski definition) is 3. The molecule has 0 radical (unpaired) electrons. The molecular weight excluding hydrogens is 324 g/mol. The second-order valence-electron chi connectivity index (χ2n) is 8.60. The highest BCUT2D eigenvalue weighted by atomic mass is 16.5. The zero-order valence-corrected chi connectivity index (χ0v) is 15.9. The van der Waals surface area contributed by atoms with Gasteiger partial charge in [0.05, 0.1) is 0 Å². The van der Waals surface area contributed by atoms with E-state index in [0.29, 0.717) is 11.3 Å². The molecule has 4 nitrogen and oxygen atoms in total. The van der Waals surface area contributed by atoms with E-state index in [2.05, 4.69) is 34.1 Å². The van der Waals surface area contributed by atoms with Gasteiger partial charge in [0.2, 0.25) is 5.91 Å². The fourth-order valence-corrected chi connectivity index (χ4v) is 4.89. The van der Waals surface area contributed by atoms with Crippen LogP contribution in [0.2, 0.25) is 0 Å². The standard InChI is InChI=1S/C22H32N2O2/c25-21-6-9-22(18-24(21)16-19-4-2-1-3-5-19)10-13-23(14-11-22)12-7-20-8-15-26-17-20/h1-5,20H,6-18H2/t20-/m0/s1. The van der Waals surface area contributed by atoms with Gasteiger partial charge >= 0.3 is 0 Å². The number of carbonyl (C=O) groups excluding carboxylic acids is 1. The quantitative estimate of drug-likeness (QED) is 0.811. The van der Waals surface area contributed by atoms with Gasteiger partial charge in [0.15, 0.2) is 0 Å². The number of nitrogens with zero attached hydrogens (tertiary/aromatic N) is 2. The molecular formula is C22H32N2O2. The molecule has 0 N–H and O–H groups in total. The first-order valence-corrected chi connectivity index (χ1v) is 10.3. The van der Waals surface area contributed by atoms with E-state index in [1.54, 1.807) is 0 Å². The predicted molar refractivity (Wildman–Crippen MR) is 103 cm³/mol. The number of ether oxygens (including phenoxy) is 1. The average Bonchev–Trinajstić information content (AvgIpc) is 3.19. The third-order valence-electron chi connectivity index (χ3n) is 6.76. The summed E-state index contributed by atoms with van der Waals surface area (Å²) < 4.78 is 5.50. The van der Waals surface area contributed by atoms with Gasteiger partial charge in [0.1, 0.15) is 0 Å². The Bertz CT molecular complexity index is 589. The van der Waals surface area contributed by atoms with Crippen LogP contribution in [0.5, 0.6) is 0 Å². The lowest BCUT2D eigenvalue weighted by Crippen LogP contribution is -2.51. The Morgan fingerprint density at radius 1 is 1.12 bits per heavy atom. The summed E-state index contributed by atoms with van der Waals surface area (Å²) in [5.41, 5.74) is 1.60. The first kappa shape index (κ1) is 18.0. The first-order valence-electron chi connectivity index (χ1n) is 10.3. The van der Waals surface area contributed by atoms with Crippen molar-refractivity contribution in [1.29, 1.82) is 0 Å². The molecule has 142 valence electrons. The largest absolute Gasteiger partial charge is 0.381 e. The van der Waals surface area contributed by atoms with Gasteiger partial charge in [0, 0.05) is 32.7 Å². The molecule has 0 unspecified atom stereocenters. The number of piperidine rings is 2. The number of amides is 1. The van der Waals surface area contributed by atoms with E-state index in [0.717, 1.165) is 45.1 Å². The van der Waals surface area contributed by atoms with Crippen molar-refractivity contribution in [2.45, 2.75) is 45.1 Å². The van der Waals surface area contributed by atoms with Gasteiger partial charge in [-0.2, -0.15) is 0 Å². The highest BCUT2D eigenvalue weighted by molar-refractivity contribution is 5.77. The van der Waals surface area contributed by atoms with Crippen molar-refractivity contribution in [3.63, 3.8) is 0 Å². The van der Waals surface area contributed by atoms with Gasteiger partial charge in [-0.05, 0) is 68.6 Å². The molecule has 4 rings (SSSR count). The van der Waals surface area contributed by atoms with E-state index in [-0.39, 0.29) is 0 Å². The second-order valence-corrected chi connectivity index (χ2v) is 8.60. The summed E-state index contributed by atoms with van der Waals surface area (Å²) in [5, 5.41) is 0. The lowest BCUT2D eigenvalue weighted by Gasteiger charge is -2.47. The van der Waals surface area contributed by atoms with Gasteiger partial charge in [-0.25, -0.2) is 0 Å². The minimum Gasteiger partial charge on any atom is -0.381 e. The summed E-state index contributed by atoms with van der Waals surface area (Å²) in [4.78, 5) is 17.2. The van der Waals surface area contributed by atoms with Crippen LogP contribution in [-0.2, 0) is 16.1 Å². The minimum absolute atomic E-state index is 0.336. The van der Waals surface area contributed by atoms with E-state index in [9.17, 15) is 4.79 Å². The van der Waals surface area contributed by atoms with Gasteiger partial charge in [-0.1, -0.05) is 30.3 Å². The van der Waals surface area contributed by atoms with Crippen molar-refractivity contribution in [2.24, 2.45) is 11.3 Å². The van der Waals surface area contributed by atoms with E-state index in [1.165, 1.54) is 50.9 Å². The Labute approximate surface area is 157 Å². The Morgan fingerprint density at radius 3 is 2.65 bits per heavy atom. The van der Waals surface area contributed by atoms with Crippen molar-refractivity contribution in [1.82, 2.24) is 9.80 Å². The van der Waals surface area contributed by atoms with E-state index in [1.807, 2.05) is 6.07 Å². The molecule has 1 atom stereocenters. The number of benzene rings is 1. The van der Waals surface area contributed by atoms with E-state index >= 15 is 0 Å². The van der Waals surface area contributed by atoms with Crippen LogP contribution in [0.3, 0.4) is 0 Å². The first-order chi connectivity index (χ1) is 12.7.